The molecule has 0 bridgehead atoms. The van der Waals surface area contributed by atoms with Crippen molar-refractivity contribution in [3.63, 3.8) is 0 Å². The lowest BCUT2D eigenvalue weighted by molar-refractivity contribution is -0.242. The Labute approximate surface area is 184 Å². The van der Waals surface area contributed by atoms with E-state index in [0.717, 1.165) is 30.4 Å². The molecular formula is C25H36O6. The number of phenols is 1. The molecule has 1 fully saturated rings. The summed E-state index contributed by atoms with van der Waals surface area (Å²) in [4.78, 5) is 0. The fourth-order valence-corrected chi connectivity index (χ4v) is 5.94. The summed E-state index contributed by atoms with van der Waals surface area (Å²) in [5, 5.41) is 41.5. The van der Waals surface area contributed by atoms with E-state index in [9.17, 15) is 20.4 Å². The first-order valence-corrected chi connectivity index (χ1v) is 11.5. The molecule has 0 saturated carbocycles. The maximum atomic E-state index is 11.3. The van der Waals surface area contributed by atoms with E-state index in [1.165, 1.54) is 16.7 Å². The number of rotatable bonds is 3. The van der Waals surface area contributed by atoms with Gasteiger partial charge in [0.2, 0.25) is 6.29 Å². The zero-order valence-electron chi connectivity index (χ0n) is 19.1. The first-order chi connectivity index (χ1) is 14.6. The number of hydrogen-bond acceptors (Lipinski definition) is 6. The SMILES string of the molecule is CC(C)=C[C@H]1C[C@H](C)[C@H]2CC[C@H](C)c3c(O)c(O[C@H]4OC[C@H](O)[C@H](O)[C@H]4O)c(C)c1c32. The summed E-state index contributed by atoms with van der Waals surface area (Å²) >= 11 is 0. The Bertz CT molecular complexity index is 873. The monoisotopic (exact) mass is 432 g/mol. The molecule has 1 aliphatic heterocycles. The van der Waals surface area contributed by atoms with Gasteiger partial charge in [0.1, 0.15) is 18.3 Å². The van der Waals surface area contributed by atoms with Crippen molar-refractivity contribution in [1.29, 1.82) is 0 Å². The molecule has 1 saturated heterocycles. The molecule has 3 aliphatic rings. The molecule has 0 spiro atoms. The Kier molecular flexibility index (Phi) is 6.12. The molecule has 1 heterocycles. The van der Waals surface area contributed by atoms with Crippen LogP contribution in [0.4, 0.5) is 0 Å². The third-order valence-corrected chi connectivity index (χ3v) is 7.48. The molecule has 0 radical (unpaired) electrons. The number of ether oxygens (including phenoxy) is 2. The standard InChI is InChI=1S/C25H36O6/c1-11(2)8-15-9-13(4)16-7-6-12(3)18-20(16)19(15)14(5)24(22(18)28)31-25-23(29)21(27)17(26)10-30-25/h8,12-13,15-17,21,23,25-29H,6-7,9-10H2,1-5H3/t12-,13-,15-,16+,17-,21-,23+,25+/m0/s1. The second-order valence-electron chi connectivity index (χ2n) is 10.1. The van der Waals surface area contributed by atoms with E-state index in [4.69, 9.17) is 9.47 Å². The number of hydrogen-bond donors (Lipinski definition) is 4. The maximum Gasteiger partial charge on any atom is 0.229 e. The quantitative estimate of drug-likeness (QED) is 0.545. The van der Waals surface area contributed by atoms with Crippen molar-refractivity contribution >= 4 is 0 Å². The fourth-order valence-electron chi connectivity index (χ4n) is 5.94. The van der Waals surface area contributed by atoms with Crippen molar-refractivity contribution in [2.75, 3.05) is 6.61 Å². The van der Waals surface area contributed by atoms with Crippen molar-refractivity contribution in [1.82, 2.24) is 0 Å². The molecule has 2 aliphatic carbocycles. The van der Waals surface area contributed by atoms with Crippen LogP contribution in [0, 0.1) is 12.8 Å². The molecule has 6 heteroatoms. The second kappa shape index (κ2) is 8.39. The van der Waals surface area contributed by atoms with Crippen LogP contribution in [0.3, 0.4) is 0 Å². The van der Waals surface area contributed by atoms with Crippen molar-refractivity contribution in [2.24, 2.45) is 5.92 Å². The van der Waals surface area contributed by atoms with Crippen LogP contribution < -0.4 is 4.74 Å². The summed E-state index contributed by atoms with van der Waals surface area (Å²) < 4.78 is 11.5. The van der Waals surface area contributed by atoms with E-state index in [1.54, 1.807) is 0 Å². The second-order valence-corrected chi connectivity index (χ2v) is 10.1. The van der Waals surface area contributed by atoms with Crippen LogP contribution in [-0.4, -0.2) is 51.6 Å². The van der Waals surface area contributed by atoms with Gasteiger partial charge in [-0.1, -0.05) is 25.5 Å². The number of aliphatic hydroxyl groups excluding tert-OH is 3. The molecule has 8 atom stereocenters. The van der Waals surface area contributed by atoms with Gasteiger partial charge in [0, 0.05) is 11.5 Å². The Morgan fingerprint density at radius 2 is 1.74 bits per heavy atom. The molecule has 0 aromatic heterocycles. The summed E-state index contributed by atoms with van der Waals surface area (Å²) in [5.74, 6) is 1.84. The first-order valence-electron chi connectivity index (χ1n) is 11.5. The summed E-state index contributed by atoms with van der Waals surface area (Å²) in [6.45, 7) is 10.5. The summed E-state index contributed by atoms with van der Waals surface area (Å²) in [5.41, 5.74) is 5.58. The molecule has 31 heavy (non-hydrogen) atoms. The van der Waals surface area contributed by atoms with Gasteiger partial charge in [0.05, 0.1) is 6.61 Å². The van der Waals surface area contributed by atoms with Gasteiger partial charge in [-0.15, -0.1) is 0 Å². The average molecular weight is 433 g/mol. The number of aromatic hydroxyl groups is 1. The van der Waals surface area contributed by atoms with Crippen LogP contribution in [0.5, 0.6) is 11.5 Å². The van der Waals surface area contributed by atoms with Crippen LogP contribution in [0.15, 0.2) is 11.6 Å². The largest absolute Gasteiger partial charge is 0.504 e. The molecule has 4 N–H and O–H groups in total. The third-order valence-electron chi connectivity index (χ3n) is 7.48. The average Bonchev–Trinajstić information content (AvgIpc) is 2.69. The highest BCUT2D eigenvalue weighted by molar-refractivity contribution is 5.64. The van der Waals surface area contributed by atoms with Gasteiger partial charge in [0.25, 0.3) is 0 Å². The number of allylic oxidation sites excluding steroid dienone is 2. The van der Waals surface area contributed by atoms with Crippen LogP contribution in [0.25, 0.3) is 0 Å². The Morgan fingerprint density at radius 1 is 1.03 bits per heavy atom. The highest BCUT2D eigenvalue weighted by atomic mass is 16.7. The van der Waals surface area contributed by atoms with Gasteiger partial charge in [-0.25, -0.2) is 0 Å². The first kappa shape index (κ1) is 22.6. The number of aliphatic hydroxyl groups is 3. The molecule has 172 valence electrons. The van der Waals surface area contributed by atoms with E-state index >= 15 is 0 Å². The fraction of sp³-hybridized carbons (Fsp3) is 0.680. The predicted molar refractivity (Wildman–Crippen MR) is 118 cm³/mol. The van der Waals surface area contributed by atoms with Crippen LogP contribution in [-0.2, 0) is 4.74 Å². The van der Waals surface area contributed by atoms with E-state index in [0.29, 0.717) is 17.6 Å². The van der Waals surface area contributed by atoms with Gasteiger partial charge in [0.15, 0.2) is 11.5 Å². The van der Waals surface area contributed by atoms with Gasteiger partial charge in [-0.3, -0.25) is 0 Å². The molecule has 4 rings (SSSR count). The van der Waals surface area contributed by atoms with E-state index < -0.39 is 24.6 Å². The van der Waals surface area contributed by atoms with E-state index in [2.05, 4.69) is 33.8 Å². The summed E-state index contributed by atoms with van der Waals surface area (Å²) in [7, 11) is 0. The zero-order valence-corrected chi connectivity index (χ0v) is 19.1. The minimum absolute atomic E-state index is 0.120. The lowest BCUT2D eigenvalue weighted by Crippen LogP contribution is -2.54. The molecule has 1 aromatic rings. The van der Waals surface area contributed by atoms with Gasteiger partial charge >= 0.3 is 0 Å². The molecule has 0 unspecified atom stereocenters. The minimum Gasteiger partial charge on any atom is -0.504 e. The van der Waals surface area contributed by atoms with Gasteiger partial charge in [-0.2, -0.15) is 0 Å². The summed E-state index contributed by atoms with van der Waals surface area (Å²) in [6, 6.07) is 0. The third kappa shape index (κ3) is 3.78. The molecular weight excluding hydrogens is 396 g/mol. The Hall–Kier alpha value is -1.60. The van der Waals surface area contributed by atoms with Crippen LogP contribution in [0.1, 0.15) is 87.0 Å². The van der Waals surface area contributed by atoms with E-state index in [-0.39, 0.29) is 24.2 Å². The van der Waals surface area contributed by atoms with Gasteiger partial charge in [-0.05, 0) is 74.5 Å². The minimum atomic E-state index is -1.41. The topological polar surface area (TPSA) is 99.4 Å². The predicted octanol–water partition coefficient (Wildman–Crippen LogP) is 3.59. The zero-order chi connectivity index (χ0) is 22.6. The van der Waals surface area contributed by atoms with Crippen molar-refractivity contribution < 1.29 is 29.9 Å². The highest BCUT2D eigenvalue weighted by Crippen LogP contribution is 2.58. The molecule has 6 nitrogen and oxygen atoms in total. The highest BCUT2D eigenvalue weighted by Gasteiger charge is 2.43. The van der Waals surface area contributed by atoms with Crippen LogP contribution in [0.2, 0.25) is 0 Å². The summed E-state index contributed by atoms with van der Waals surface area (Å²) in [6.07, 6.45) is 0.395. The van der Waals surface area contributed by atoms with Crippen molar-refractivity contribution in [2.45, 2.75) is 96.2 Å². The Morgan fingerprint density at radius 3 is 2.42 bits per heavy atom. The molecule has 0 amide bonds. The Balaban J connectivity index is 1.85. The number of phenolic OH excluding ortho intramolecular Hbond substituents is 1. The lowest BCUT2D eigenvalue weighted by Gasteiger charge is -2.44. The van der Waals surface area contributed by atoms with Gasteiger partial charge < -0.3 is 29.9 Å². The van der Waals surface area contributed by atoms with E-state index in [1.807, 2.05) is 6.92 Å². The molecule has 1 aromatic carbocycles. The lowest BCUT2D eigenvalue weighted by atomic mass is 9.62. The maximum absolute atomic E-state index is 11.3. The van der Waals surface area contributed by atoms with Crippen molar-refractivity contribution in [3.05, 3.63) is 33.9 Å². The smallest absolute Gasteiger partial charge is 0.229 e. The van der Waals surface area contributed by atoms with Crippen molar-refractivity contribution in [3.8, 4) is 11.5 Å². The van der Waals surface area contributed by atoms with Crippen LogP contribution >= 0.6 is 0 Å². The number of benzene rings is 1. The normalized spacial score (nSPS) is 37.2.